The summed E-state index contributed by atoms with van der Waals surface area (Å²) >= 11 is 0. The molecule has 0 aromatic carbocycles. The molecule has 0 aliphatic carbocycles. The van der Waals surface area contributed by atoms with Crippen LogP contribution in [0.4, 0.5) is 0 Å². The van der Waals surface area contributed by atoms with E-state index < -0.39 is 0 Å². The smallest absolute Gasteiger partial charge is 0.107 e. The Bertz CT molecular complexity index is 317. The molecule has 0 fully saturated rings. The van der Waals surface area contributed by atoms with E-state index in [9.17, 15) is 0 Å². The Kier molecular flexibility index (Phi) is 23.7. The van der Waals surface area contributed by atoms with E-state index in [1.165, 1.54) is 0 Å². The first kappa shape index (κ1) is 23.7. The number of ether oxygens (including phenoxy) is 1. The highest BCUT2D eigenvalue weighted by Gasteiger charge is 2.13. The average Bonchev–Trinajstić information content (AvgIpc) is 2.51. The number of hydrogen-bond acceptors (Lipinski definition) is 1. The molecule has 0 rings (SSSR count). The maximum Gasteiger partial charge on any atom is 0.107 e. The number of methoxy groups -OCH3 is 1. The molecule has 1 unspecified atom stereocenters. The predicted molar refractivity (Wildman–Crippen MR) is 95.2 cm³/mol. The van der Waals surface area contributed by atoms with Crippen molar-refractivity contribution in [1.29, 1.82) is 0 Å². The summed E-state index contributed by atoms with van der Waals surface area (Å²) in [7, 11) is 1.72. The molecule has 0 saturated carbocycles. The molecule has 0 spiro atoms. The lowest BCUT2D eigenvalue weighted by Crippen LogP contribution is -2.14. The molecule has 0 saturated heterocycles. The Morgan fingerprint density at radius 3 is 1.65 bits per heavy atom. The maximum absolute atomic E-state index is 5.54. The molecule has 0 aliphatic heterocycles. The minimum Gasteiger partial charge on any atom is -0.372 e. The topological polar surface area (TPSA) is 9.23 Å². The van der Waals surface area contributed by atoms with E-state index in [1.807, 2.05) is 72.8 Å². The molecule has 0 radical (unpaired) electrons. The van der Waals surface area contributed by atoms with Gasteiger partial charge in [-0.2, -0.15) is 0 Å². The summed E-state index contributed by atoms with van der Waals surface area (Å²) in [4.78, 5) is 0. The van der Waals surface area contributed by atoms with Gasteiger partial charge in [0.15, 0.2) is 0 Å². The third-order valence-corrected chi connectivity index (χ3v) is 2.20. The third-order valence-electron chi connectivity index (χ3n) is 2.20. The first-order chi connectivity index (χ1) is 9.74. The Labute approximate surface area is 127 Å². The van der Waals surface area contributed by atoms with Gasteiger partial charge in [-0.15, -0.1) is 0 Å². The summed E-state index contributed by atoms with van der Waals surface area (Å²) in [5, 5.41) is 0. The highest BCUT2D eigenvalue weighted by atomic mass is 16.5. The van der Waals surface area contributed by atoms with Crippen molar-refractivity contribution in [3.8, 4) is 0 Å². The zero-order chi connectivity index (χ0) is 16.4. The molecule has 1 atom stereocenters. The number of allylic oxidation sites excluding steroid dienone is 5. The summed E-state index contributed by atoms with van der Waals surface area (Å²) in [6.07, 6.45) is 13.9. The van der Waals surface area contributed by atoms with Crippen LogP contribution in [-0.2, 0) is 4.74 Å². The average molecular weight is 278 g/mol. The van der Waals surface area contributed by atoms with Gasteiger partial charge in [0.1, 0.15) is 6.10 Å². The van der Waals surface area contributed by atoms with E-state index in [-0.39, 0.29) is 6.10 Å². The van der Waals surface area contributed by atoms with Crippen LogP contribution in [0.2, 0.25) is 0 Å². The van der Waals surface area contributed by atoms with Gasteiger partial charge < -0.3 is 4.74 Å². The largest absolute Gasteiger partial charge is 0.372 e. The molecule has 1 heteroatoms. The van der Waals surface area contributed by atoms with E-state index in [2.05, 4.69) is 18.7 Å². The minimum atomic E-state index is -0.0320. The van der Waals surface area contributed by atoms with Gasteiger partial charge >= 0.3 is 0 Å². The molecule has 0 aromatic rings. The molecule has 0 amide bonds. The van der Waals surface area contributed by atoms with E-state index in [0.29, 0.717) is 0 Å². The van der Waals surface area contributed by atoms with Crippen LogP contribution < -0.4 is 0 Å². The van der Waals surface area contributed by atoms with Gasteiger partial charge in [-0.3, -0.25) is 0 Å². The quantitative estimate of drug-likeness (QED) is 0.521. The Morgan fingerprint density at radius 2 is 1.35 bits per heavy atom. The van der Waals surface area contributed by atoms with Crippen LogP contribution in [0.3, 0.4) is 0 Å². The van der Waals surface area contributed by atoms with Crippen LogP contribution in [0.25, 0.3) is 0 Å². The highest BCUT2D eigenvalue weighted by molar-refractivity contribution is 5.38. The SMILES string of the molecule is C=C/C=C(\C=C/C)C(OC)C(/C=C\C)=C/C.CC.CC. The molecular weight excluding hydrogens is 244 g/mol. The van der Waals surface area contributed by atoms with Crippen molar-refractivity contribution in [2.45, 2.75) is 54.6 Å². The van der Waals surface area contributed by atoms with Gasteiger partial charge in [-0.05, 0) is 31.9 Å². The van der Waals surface area contributed by atoms with Crippen LogP contribution in [-0.4, -0.2) is 13.2 Å². The molecule has 0 heterocycles. The Hall–Kier alpha value is -1.34. The van der Waals surface area contributed by atoms with Crippen LogP contribution in [0.5, 0.6) is 0 Å². The molecule has 0 N–H and O–H groups in total. The summed E-state index contributed by atoms with van der Waals surface area (Å²) in [6.45, 7) is 17.7. The van der Waals surface area contributed by atoms with E-state index in [1.54, 1.807) is 13.2 Å². The zero-order valence-electron chi connectivity index (χ0n) is 14.7. The number of hydrogen-bond donors (Lipinski definition) is 0. The zero-order valence-corrected chi connectivity index (χ0v) is 14.7. The van der Waals surface area contributed by atoms with Crippen molar-refractivity contribution < 1.29 is 4.74 Å². The van der Waals surface area contributed by atoms with Gasteiger partial charge in [0.2, 0.25) is 0 Å². The molecule has 116 valence electrons. The fraction of sp³-hybridized carbons (Fsp3) is 0.474. The van der Waals surface area contributed by atoms with Crippen molar-refractivity contribution in [3.63, 3.8) is 0 Å². The monoisotopic (exact) mass is 278 g/mol. The summed E-state index contributed by atoms with van der Waals surface area (Å²) < 4.78 is 5.54. The maximum atomic E-state index is 5.54. The first-order valence-corrected chi connectivity index (χ1v) is 7.52. The molecule has 1 nitrogen and oxygen atoms in total. The van der Waals surface area contributed by atoms with Gasteiger partial charge in [-0.25, -0.2) is 0 Å². The van der Waals surface area contributed by atoms with E-state index in [4.69, 9.17) is 4.74 Å². The molecule has 20 heavy (non-hydrogen) atoms. The van der Waals surface area contributed by atoms with Crippen molar-refractivity contribution in [3.05, 3.63) is 60.3 Å². The number of rotatable bonds is 6. The fourth-order valence-corrected chi connectivity index (χ4v) is 1.55. The van der Waals surface area contributed by atoms with Crippen molar-refractivity contribution >= 4 is 0 Å². The minimum absolute atomic E-state index is 0.0320. The van der Waals surface area contributed by atoms with Crippen molar-refractivity contribution in [2.75, 3.05) is 7.11 Å². The van der Waals surface area contributed by atoms with Crippen molar-refractivity contribution in [2.24, 2.45) is 0 Å². The van der Waals surface area contributed by atoms with Gasteiger partial charge in [0.25, 0.3) is 0 Å². The fourth-order valence-electron chi connectivity index (χ4n) is 1.55. The Balaban J connectivity index is -0.000000656. The Morgan fingerprint density at radius 1 is 0.900 bits per heavy atom. The third kappa shape index (κ3) is 10.6. The van der Waals surface area contributed by atoms with Crippen LogP contribution in [0.15, 0.2) is 60.3 Å². The lowest BCUT2D eigenvalue weighted by Gasteiger charge is -2.18. The second-order valence-electron chi connectivity index (χ2n) is 3.31. The highest BCUT2D eigenvalue weighted by Crippen LogP contribution is 2.18. The summed E-state index contributed by atoms with van der Waals surface area (Å²) in [5.74, 6) is 0. The molecule has 0 aliphatic rings. The van der Waals surface area contributed by atoms with Crippen LogP contribution in [0.1, 0.15) is 48.5 Å². The van der Waals surface area contributed by atoms with Crippen LogP contribution >= 0.6 is 0 Å². The van der Waals surface area contributed by atoms with Crippen molar-refractivity contribution in [1.82, 2.24) is 0 Å². The molecular formula is C19H34O. The predicted octanol–water partition coefficient (Wildman–Crippen LogP) is 6.26. The van der Waals surface area contributed by atoms with E-state index >= 15 is 0 Å². The van der Waals surface area contributed by atoms with Gasteiger partial charge in [-0.1, -0.05) is 76.8 Å². The lowest BCUT2D eigenvalue weighted by atomic mass is 9.99. The molecule has 0 bridgehead atoms. The second kappa shape index (κ2) is 20.0. The van der Waals surface area contributed by atoms with Gasteiger partial charge in [0.05, 0.1) is 0 Å². The standard InChI is InChI=1S/C15H22O.2C2H6/c1-6-10-13(9-4)15(16-5)14(11-7-2)12-8-3;2*1-2/h6-12,15H,2H2,1,3-5H3;2*1-2H3/b10-6-,12-8-,13-9+,14-11+;;. The summed E-state index contributed by atoms with van der Waals surface area (Å²) in [5.41, 5.74) is 2.25. The normalized spacial score (nSPS) is 13.4. The second-order valence-corrected chi connectivity index (χ2v) is 3.31. The van der Waals surface area contributed by atoms with Gasteiger partial charge in [0, 0.05) is 7.11 Å². The van der Waals surface area contributed by atoms with E-state index in [0.717, 1.165) is 11.1 Å². The molecule has 0 aromatic heterocycles. The van der Waals surface area contributed by atoms with Crippen LogP contribution in [0, 0.1) is 0 Å². The summed E-state index contributed by atoms with van der Waals surface area (Å²) in [6, 6.07) is 0. The lowest BCUT2D eigenvalue weighted by molar-refractivity contribution is 0.164. The first-order valence-electron chi connectivity index (χ1n) is 7.52.